The van der Waals surface area contributed by atoms with E-state index in [4.69, 9.17) is 0 Å². The number of piperazine rings is 1. The number of amides is 2. The highest BCUT2D eigenvalue weighted by molar-refractivity contribution is 5.91. The summed E-state index contributed by atoms with van der Waals surface area (Å²) in [5.74, 6) is 0.658. The quantitative estimate of drug-likeness (QED) is 0.569. The summed E-state index contributed by atoms with van der Waals surface area (Å²) in [6.07, 6.45) is 8.24. The lowest BCUT2D eigenvalue weighted by Crippen LogP contribution is -2.58. The zero-order valence-electron chi connectivity index (χ0n) is 19.8. The zero-order chi connectivity index (χ0) is 22.8. The molecule has 0 radical (unpaired) electrons. The summed E-state index contributed by atoms with van der Waals surface area (Å²) in [4.78, 5) is 32.4. The van der Waals surface area contributed by atoms with Crippen LogP contribution >= 0.6 is 0 Å². The number of nitrogens with one attached hydrogen (secondary N) is 1. The van der Waals surface area contributed by atoms with Crippen molar-refractivity contribution >= 4 is 17.9 Å². The van der Waals surface area contributed by atoms with Crippen LogP contribution < -0.4 is 5.32 Å². The molecule has 2 fully saturated rings. The molecule has 0 spiro atoms. The summed E-state index contributed by atoms with van der Waals surface area (Å²) in [6.45, 7) is 10.8. The fourth-order valence-corrected chi connectivity index (χ4v) is 4.99. The third-order valence-corrected chi connectivity index (χ3v) is 6.97. The zero-order valence-corrected chi connectivity index (χ0v) is 19.8. The van der Waals surface area contributed by atoms with E-state index in [0.717, 1.165) is 51.1 Å². The molecule has 1 aliphatic heterocycles. The predicted octanol–water partition coefficient (Wildman–Crippen LogP) is 2.86. The van der Waals surface area contributed by atoms with Gasteiger partial charge in [0, 0.05) is 45.3 Å². The van der Waals surface area contributed by atoms with E-state index < -0.39 is 0 Å². The standard InChI is InChI=1S/C26H40N4O2/c1-3-28(4-2)17-16-27-26(32)25(23-12-8-9-13-23)30-20-18-29(19-21-30)24(31)15-14-22-10-6-5-7-11-22/h5-7,10-11,14-15,23,25H,3-4,8-9,12-13,16-21H2,1-2H3,(H,27,32)/b15-14+/t25-/m1/s1. The van der Waals surface area contributed by atoms with Crippen LogP contribution in [0.25, 0.3) is 6.08 Å². The van der Waals surface area contributed by atoms with Crippen LogP contribution in [0, 0.1) is 5.92 Å². The van der Waals surface area contributed by atoms with Gasteiger partial charge in [0.2, 0.25) is 11.8 Å². The van der Waals surface area contributed by atoms with Crippen molar-refractivity contribution in [3.8, 4) is 0 Å². The summed E-state index contributed by atoms with van der Waals surface area (Å²) in [6, 6.07) is 9.84. The Hall–Kier alpha value is -2.18. The van der Waals surface area contributed by atoms with Gasteiger partial charge in [-0.25, -0.2) is 0 Å². The SMILES string of the molecule is CCN(CC)CCNC(=O)[C@@H](C1CCCC1)N1CCN(C(=O)/C=C/c2ccccc2)CC1. The van der Waals surface area contributed by atoms with Gasteiger partial charge >= 0.3 is 0 Å². The fourth-order valence-electron chi connectivity index (χ4n) is 4.99. The largest absolute Gasteiger partial charge is 0.353 e. The first-order chi connectivity index (χ1) is 15.6. The molecule has 6 heteroatoms. The molecule has 0 unspecified atom stereocenters. The molecule has 1 atom stereocenters. The van der Waals surface area contributed by atoms with Crippen LogP contribution in [0.2, 0.25) is 0 Å². The van der Waals surface area contributed by atoms with E-state index in [0.29, 0.717) is 25.6 Å². The molecular formula is C26H40N4O2. The van der Waals surface area contributed by atoms with Gasteiger partial charge in [0.1, 0.15) is 0 Å². The van der Waals surface area contributed by atoms with Gasteiger partial charge in [-0.3, -0.25) is 14.5 Å². The number of likely N-dealkylation sites (N-methyl/N-ethyl adjacent to an activating group) is 1. The van der Waals surface area contributed by atoms with Gasteiger partial charge in [0.15, 0.2) is 0 Å². The lowest BCUT2D eigenvalue weighted by molar-refractivity contribution is -0.132. The third-order valence-electron chi connectivity index (χ3n) is 6.97. The van der Waals surface area contributed by atoms with Crippen molar-refractivity contribution in [2.45, 2.75) is 45.6 Å². The first-order valence-electron chi connectivity index (χ1n) is 12.4. The molecule has 6 nitrogen and oxygen atoms in total. The number of hydrogen-bond acceptors (Lipinski definition) is 4. The van der Waals surface area contributed by atoms with Crippen molar-refractivity contribution in [1.82, 2.24) is 20.0 Å². The maximum atomic E-state index is 13.2. The Kier molecular flexibility index (Phi) is 9.75. The second-order valence-corrected chi connectivity index (χ2v) is 8.91. The predicted molar refractivity (Wildman–Crippen MR) is 130 cm³/mol. The molecule has 2 aliphatic rings. The minimum absolute atomic E-state index is 0.0505. The minimum Gasteiger partial charge on any atom is -0.353 e. The second-order valence-electron chi connectivity index (χ2n) is 8.91. The lowest BCUT2D eigenvalue weighted by Gasteiger charge is -2.40. The normalized spacial score (nSPS) is 19.0. The lowest BCUT2D eigenvalue weighted by atomic mass is 9.95. The van der Waals surface area contributed by atoms with Gasteiger partial charge in [0.05, 0.1) is 6.04 Å². The molecule has 1 saturated carbocycles. The number of benzene rings is 1. The first kappa shape index (κ1) is 24.5. The number of hydrogen-bond donors (Lipinski definition) is 1. The average molecular weight is 441 g/mol. The maximum absolute atomic E-state index is 13.2. The van der Waals surface area contributed by atoms with Gasteiger partial charge in [-0.2, -0.15) is 0 Å². The van der Waals surface area contributed by atoms with Crippen LogP contribution in [0.4, 0.5) is 0 Å². The number of rotatable bonds is 10. The summed E-state index contributed by atoms with van der Waals surface area (Å²) >= 11 is 0. The molecule has 176 valence electrons. The molecule has 1 aromatic carbocycles. The van der Waals surface area contributed by atoms with Gasteiger partial charge in [0.25, 0.3) is 0 Å². The molecule has 1 heterocycles. The summed E-state index contributed by atoms with van der Waals surface area (Å²) in [7, 11) is 0. The highest BCUT2D eigenvalue weighted by Gasteiger charge is 2.37. The van der Waals surface area contributed by atoms with Crippen LogP contribution in [0.15, 0.2) is 36.4 Å². The van der Waals surface area contributed by atoms with E-state index in [9.17, 15) is 9.59 Å². The van der Waals surface area contributed by atoms with Crippen molar-refractivity contribution in [2.75, 3.05) is 52.4 Å². The Morgan fingerprint density at radius 2 is 1.72 bits per heavy atom. The molecule has 1 N–H and O–H groups in total. The van der Waals surface area contributed by atoms with Gasteiger partial charge < -0.3 is 15.1 Å². The van der Waals surface area contributed by atoms with E-state index in [2.05, 4.69) is 29.0 Å². The van der Waals surface area contributed by atoms with E-state index in [1.54, 1.807) is 6.08 Å². The van der Waals surface area contributed by atoms with E-state index in [-0.39, 0.29) is 17.9 Å². The number of carbonyl (C=O) groups excluding carboxylic acids is 2. The van der Waals surface area contributed by atoms with Gasteiger partial charge in [-0.05, 0) is 43.5 Å². The Labute approximate surface area is 193 Å². The Morgan fingerprint density at radius 3 is 2.34 bits per heavy atom. The Balaban J connectivity index is 1.53. The van der Waals surface area contributed by atoms with Crippen LogP contribution in [0.1, 0.15) is 45.1 Å². The van der Waals surface area contributed by atoms with Gasteiger partial charge in [-0.1, -0.05) is 57.0 Å². The van der Waals surface area contributed by atoms with Crippen LogP contribution in [-0.4, -0.2) is 84.9 Å². The highest BCUT2D eigenvalue weighted by atomic mass is 16.2. The second kappa shape index (κ2) is 12.8. The first-order valence-corrected chi connectivity index (χ1v) is 12.4. The molecule has 0 bridgehead atoms. The van der Waals surface area contributed by atoms with Crippen LogP contribution in [-0.2, 0) is 9.59 Å². The van der Waals surface area contributed by atoms with Crippen LogP contribution in [0.3, 0.4) is 0 Å². The highest BCUT2D eigenvalue weighted by Crippen LogP contribution is 2.31. The average Bonchev–Trinajstić information content (AvgIpc) is 3.36. The van der Waals surface area contributed by atoms with Crippen molar-refractivity contribution in [2.24, 2.45) is 5.92 Å². The molecule has 32 heavy (non-hydrogen) atoms. The monoisotopic (exact) mass is 440 g/mol. The topological polar surface area (TPSA) is 55.9 Å². The van der Waals surface area contributed by atoms with E-state index in [1.807, 2.05) is 41.3 Å². The van der Waals surface area contributed by atoms with Crippen molar-refractivity contribution in [3.05, 3.63) is 42.0 Å². The molecule has 1 saturated heterocycles. The van der Waals surface area contributed by atoms with Gasteiger partial charge in [-0.15, -0.1) is 0 Å². The van der Waals surface area contributed by atoms with Crippen LogP contribution in [0.5, 0.6) is 0 Å². The van der Waals surface area contributed by atoms with Crippen molar-refractivity contribution < 1.29 is 9.59 Å². The summed E-state index contributed by atoms with van der Waals surface area (Å²) < 4.78 is 0. The fraction of sp³-hybridized carbons (Fsp3) is 0.615. The number of carbonyl (C=O) groups is 2. The summed E-state index contributed by atoms with van der Waals surface area (Å²) in [5, 5.41) is 3.21. The van der Waals surface area contributed by atoms with E-state index in [1.165, 1.54) is 12.8 Å². The minimum atomic E-state index is -0.0636. The van der Waals surface area contributed by atoms with Crippen molar-refractivity contribution in [3.63, 3.8) is 0 Å². The number of nitrogens with zero attached hydrogens (tertiary/aromatic N) is 3. The smallest absolute Gasteiger partial charge is 0.246 e. The molecular weight excluding hydrogens is 400 g/mol. The maximum Gasteiger partial charge on any atom is 0.246 e. The molecule has 0 aromatic heterocycles. The molecule has 1 aliphatic carbocycles. The van der Waals surface area contributed by atoms with Crippen molar-refractivity contribution in [1.29, 1.82) is 0 Å². The summed E-state index contributed by atoms with van der Waals surface area (Å²) in [5.41, 5.74) is 1.03. The molecule has 3 rings (SSSR count). The van der Waals surface area contributed by atoms with E-state index >= 15 is 0 Å². The third kappa shape index (κ3) is 6.91. The molecule has 2 amide bonds. The Morgan fingerprint density at radius 1 is 1.06 bits per heavy atom. The molecule has 1 aromatic rings. The Bertz CT molecular complexity index is 733.